The number of carbonyl (C=O) groups is 1. The minimum Gasteiger partial charge on any atom is -0.493 e. The molecule has 1 N–H and O–H groups in total. The number of aryl methyl sites for hydroxylation is 2. The number of hydrogen-bond donors (Lipinski definition) is 1. The molecule has 6 heteroatoms. The Balaban J connectivity index is 1.43. The van der Waals surface area contributed by atoms with Crippen LogP contribution in [0.5, 0.6) is 5.75 Å². The summed E-state index contributed by atoms with van der Waals surface area (Å²) in [7, 11) is 0. The van der Waals surface area contributed by atoms with Crippen molar-refractivity contribution in [2.45, 2.75) is 91.9 Å². The van der Waals surface area contributed by atoms with Crippen LogP contribution in [0.15, 0.2) is 66.7 Å². The molecule has 0 spiro atoms. The van der Waals surface area contributed by atoms with E-state index in [4.69, 9.17) is 4.74 Å². The summed E-state index contributed by atoms with van der Waals surface area (Å²) < 4.78 is 22.6. The summed E-state index contributed by atoms with van der Waals surface area (Å²) in [5, 5.41) is 7.72. The molecule has 0 fully saturated rings. The summed E-state index contributed by atoms with van der Waals surface area (Å²) in [6, 6.07) is 20.8. The van der Waals surface area contributed by atoms with Gasteiger partial charge >= 0.3 is 0 Å². The average Bonchev–Trinajstić information content (AvgIpc) is 3.44. The van der Waals surface area contributed by atoms with Crippen molar-refractivity contribution in [1.29, 1.82) is 0 Å². The van der Waals surface area contributed by atoms with Crippen LogP contribution in [0.1, 0.15) is 100.0 Å². The molecule has 0 saturated heterocycles. The first-order chi connectivity index (χ1) is 20.9. The number of benzene rings is 3. The van der Waals surface area contributed by atoms with Gasteiger partial charge in [-0.2, -0.15) is 5.10 Å². The number of ether oxygens (including phenoxy) is 1. The van der Waals surface area contributed by atoms with E-state index >= 15 is 0 Å². The highest BCUT2D eigenvalue weighted by molar-refractivity contribution is 5.94. The third kappa shape index (κ3) is 7.40. The predicted octanol–water partition coefficient (Wildman–Crippen LogP) is 9.26. The second kappa shape index (κ2) is 13.8. The van der Waals surface area contributed by atoms with Crippen LogP contribution in [0.3, 0.4) is 0 Å². The number of carbonyl (C=O) groups excluding carboxylic acids is 1. The molecule has 0 aliphatic carbocycles. The number of unbranched alkanes of at least 4 members (excludes halogenated alkanes) is 1. The third-order valence-electron chi connectivity index (χ3n) is 9.04. The first-order valence-electron chi connectivity index (χ1n) is 15.9. The Bertz CT molecular complexity index is 1600. The summed E-state index contributed by atoms with van der Waals surface area (Å²) >= 11 is 0. The summed E-state index contributed by atoms with van der Waals surface area (Å²) in [6.45, 7) is 18.6. The SMILES string of the molecule is CCC(C)(C)c1ccc(OCCCCNC(=O)c2cc(-c3ccccc3F)nn2-c2ccc(C)cc2C)c(C(C)(C)CC)c1. The summed E-state index contributed by atoms with van der Waals surface area (Å²) in [5.41, 5.74) is 6.73. The lowest BCUT2D eigenvalue weighted by Gasteiger charge is -2.30. The van der Waals surface area contributed by atoms with Gasteiger partial charge in [0, 0.05) is 17.7 Å². The highest BCUT2D eigenvalue weighted by Gasteiger charge is 2.27. The van der Waals surface area contributed by atoms with E-state index in [-0.39, 0.29) is 22.6 Å². The fourth-order valence-electron chi connectivity index (χ4n) is 5.27. The zero-order valence-corrected chi connectivity index (χ0v) is 27.7. The van der Waals surface area contributed by atoms with Crippen LogP contribution in [-0.2, 0) is 10.8 Å². The first-order valence-corrected chi connectivity index (χ1v) is 15.9. The molecule has 3 aromatic carbocycles. The van der Waals surface area contributed by atoms with Gasteiger partial charge in [0.2, 0.25) is 0 Å². The molecular formula is C38H48FN3O2. The van der Waals surface area contributed by atoms with Crippen molar-refractivity contribution in [3.05, 3.63) is 100 Å². The average molecular weight is 598 g/mol. The maximum atomic E-state index is 14.6. The van der Waals surface area contributed by atoms with Crippen LogP contribution in [0.4, 0.5) is 4.39 Å². The van der Waals surface area contributed by atoms with Gasteiger partial charge in [-0.05, 0) is 91.8 Å². The Hall–Kier alpha value is -3.93. The lowest BCUT2D eigenvalue weighted by atomic mass is 9.76. The highest BCUT2D eigenvalue weighted by Crippen LogP contribution is 2.38. The molecule has 4 aromatic rings. The molecule has 1 amide bonds. The molecule has 0 aliphatic rings. The Morgan fingerprint density at radius 1 is 0.909 bits per heavy atom. The van der Waals surface area contributed by atoms with Crippen molar-refractivity contribution in [2.24, 2.45) is 0 Å². The van der Waals surface area contributed by atoms with Crippen molar-refractivity contribution in [2.75, 3.05) is 13.2 Å². The van der Waals surface area contributed by atoms with Crippen molar-refractivity contribution in [3.8, 4) is 22.7 Å². The molecule has 5 nitrogen and oxygen atoms in total. The van der Waals surface area contributed by atoms with E-state index in [1.807, 2.05) is 32.0 Å². The van der Waals surface area contributed by atoms with Crippen LogP contribution >= 0.6 is 0 Å². The first kappa shape index (κ1) is 33.0. The number of hydrogen-bond acceptors (Lipinski definition) is 3. The Morgan fingerprint density at radius 3 is 2.32 bits per heavy atom. The molecule has 0 bridgehead atoms. The van der Waals surface area contributed by atoms with Gasteiger partial charge < -0.3 is 10.1 Å². The van der Waals surface area contributed by atoms with Crippen LogP contribution in [0.25, 0.3) is 16.9 Å². The van der Waals surface area contributed by atoms with E-state index in [0.29, 0.717) is 30.1 Å². The third-order valence-corrected chi connectivity index (χ3v) is 9.04. The van der Waals surface area contributed by atoms with Crippen LogP contribution in [0.2, 0.25) is 0 Å². The van der Waals surface area contributed by atoms with Crippen molar-refractivity contribution < 1.29 is 13.9 Å². The van der Waals surface area contributed by atoms with Crippen LogP contribution in [-0.4, -0.2) is 28.8 Å². The lowest BCUT2D eigenvalue weighted by Crippen LogP contribution is -2.27. The van der Waals surface area contributed by atoms with Gasteiger partial charge in [0.05, 0.1) is 18.0 Å². The van der Waals surface area contributed by atoms with E-state index in [0.717, 1.165) is 48.2 Å². The van der Waals surface area contributed by atoms with Crippen molar-refractivity contribution >= 4 is 5.91 Å². The van der Waals surface area contributed by atoms with E-state index < -0.39 is 0 Å². The normalized spacial score (nSPS) is 11.9. The molecule has 0 atom stereocenters. The van der Waals surface area contributed by atoms with Gasteiger partial charge in [0.15, 0.2) is 0 Å². The number of amides is 1. The largest absolute Gasteiger partial charge is 0.493 e. The minimum absolute atomic E-state index is 0.00339. The fourth-order valence-corrected chi connectivity index (χ4v) is 5.27. The van der Waals surface area contributed by atoms with Crippen LogP contribution < -0.4 is 10.1 Å². The zero-order valence-electron chi connectivity index (χ0n) is 27.7. The van der Waals surface area contributed by atoms with Gasteiger partial charge in [-0.1, -0.05) is 83.5 Å². The van der Waals surface area contributed by atoms with Crippen LogP contribution in [0, 0.1) is 19.7 Å². The minimum atomic E-state index is -0.376. The van der Waals surface area contributed by atoms with Gasteiger partial charge in [-0.15, -0.1) is 0 Å². The number of aromatic nitrogens is 2. The maximum absolute atomic E-state index is 14.6. The van der Waals surface area contributed by atoms with Gasteiger partial charge in [-0.25, -0.2) is 9.07 Å². The van der Waals surface area contributed by atoms with Gasteiger partial charge in [-0.3, -0.25) is 4.79 Å². The molecule has 1 aromatic heterocycles. The van der Waals surface area contributed by atoms with Crippen molar-refractivity contribution in [3.63, 3.8) is 0 Å². The van der Waals surface area contributed by atoms with E-state index in [1.165, 1.54) is 17.2 Å². The van der Waals surface area contributed by atoms with Crippen molar-refractivity contribution in [1.82, 2.24) is 15.1 Å². The lowest BCUT2D eigenvalue weighted by molar-refractivity contribution is 0.0944. The fraction of sp³-hybridized carbons (Fsp3) is 0.421. The number of nitrogens with one attached hydrogen (secondary N) is 1. The van der Waals surface area contributed by atoms with Gasteiger partial charge in [0.1, 0.15) is 17.3 Å². The smallest absolute Gasteiger partial charge is 0.270 e. The zero-order chi connectivity index (χ0) is 32.1. The monoisotopic (exact) mass is 597 g/mol. The molecule has 4 rings (SSSR count). The van der Waals surface area contributed by atoms with Gasteiger partial charge in [0.25, 0.3) is 5.91 Å². The number of halogens is 1. The topological polar surface area (TPSA) is 56.1 Å². The van der Waals surface area contributed by atoms with E-state index in [1.54, 1.807) is 28.9 Å². The molecular weight excluding hydrogens is 549 g/mol. The second-order valence-electron chi connectivity index (χ2n) is 13.1. The number of nitrogens with zero attached hydrogens (tertiary/aromatic N) is 2. The highest BCUT2D eigenvalue weighted by atomic mass is 19.1. The molecule has 0 aliphatic heterocycles. The van der Waals surface area contributed by atoms with E-state index in [2.05, 4.69) is 70.2 Å². The summed E-state index contributed by atoms with van der Waals surface area (Å²) in [4.78, 5) is 13.4. The molecule has 234 valence electrons. The Kier molecular flexibility index (Phi) is 10.3. The summed E-state index contributed by atoms with van der Waals surface area (Å²) in [5.74, 6) is 0.315. The molecule has 0 unspecified atom stereocenters. The molecule has 0 saturated carbocycles. The Labute approximate surface area is 262 Å². The second-order valence-corrected chi connectivity index (χ2v) is 13.1. The number of rotatable bonds is 13. The van der Waals surface area contributed by atoms with E-state index in [9.17, 15) is 9.18 Å². The molecule has 44 heavy (non-hydrogen) atoms. The molecule has 0 radical (unpaired) electrons. The standard InChI is InChI=1S/C38H48FN3O2/c1-9-37(5,6)28-18-20-35(30(24-28)38(7,8)10-2)44-22-14-13-21-40-36(43)34-25-32(29-15-11-12-16-31(29)39)41-42(34)33-19-17-26(3)23-27(33)4/h11-12,15-20,23-25H,9-10,13-14,21-22H2,1-8H3,(H,40,43). The Morgan fingerprint density at radius 2 is 1.64 bits per heavy atom. The molecule has 1 heterocycles. The predicted molar refractivity (Wildman–Crippen MR) is 179 cm³/mol. The summed E-state index contributed by atoms with van der Waals surface area (Å²) in [6.07, 6.45) is 3.64. The quantitative estimate of drug-likeness (QED) is 0.156. The maximum Gasteiger partial charge on any atom is 0.270 e.